The largest absolute Gasteiger partial charge is 1.00 e. The minimum Gasteiger partial charge on any atom is -0.550 e. The monoisotopic (exact) mass is 584 g/mol. The number of carbonyl (C=O) groups excluding carboxylic acids is 2. The zero-order valence-electron chi connectivity index (χ0n) is 27.8. The van der Waals surface area contributed by atoms with Gasteiger partial charge in [-0.2, -0.15) is 0 Å². The van der Waals surface area contributed by atoms with E-state index in [0.29, 0.717) is 0 Å². The summed E-state index contributed by atoms with van der Waals surface area (Å²) in [5.41, 5.74) is 0. The van der Waals surface area contributed by atoms with Crippen LogP contribution < -0.4 is 69.3 Å². The quantitative estimate of drug-likeness (QED) is 0.0960. The van der Waals surface area contributed by atoms with Crippen molar-refractivity contribution >= 4 is 11.9 Å². The Morgan fingerprint density at radius 1 is 0.325 bits per heavy atom. The summed E-state index contributed by atoms with van der Waals surface area (Å²) in [5.74, 6) is -1.81. The third-order valence-corrected chi connectivity index (χ3v) is 7.47. The fourth-order valence-electron chi connectivity index (χ4n) is 4.93. The Balaban J connectivity index is -0.000000310. The molecule has 0 amide bonds. The smallest absolute Gasteiger partial charge is 0.550 e. The van der Waals surface area contributed by atoms with Gasteiger partial charge in [0, 0.05) is 11.9 Å². The molecule has 6 heteroatoms. The van der Waals surface area contributed by atoms with Gasteiger partial charge < -0.3 is 19.8 Å². The zero-order valence-corrected chi connectivity index (χ0v) is 31.8. The van der Waals surface area contributed by atoms with Gasteiger partial charge in [0.2, 0.25) is 0 Å². The minimum absolute atomic E-state index is 0. The third kappa shape index (κ3) is 51.7. The molecule has 0 radical (unpaired) electrons. The molecule has 0 spiro atoms. The van der Waals surface area contributed by atoms with Crippen LogP contribution in [0, 0.1) is 0 Å². The Kier molecular flexibility index (Phi) is 53.1. The summed E-state index contributed by atoms with van der Waals surface area (Å²) in [6.07, 6.45) is 36.8. The second-order valence-corrected chi connectivity index (χ2v) is 11.4. The van der Waals surface area contributed by atoms with Crippen LogP contribution in [0.3, 0.4) is 0 Å². The molecule has 0 aliphatic heterocycles. The number of unbranched alkanes of at least 4 members (excludes halogenated alkanes) is 26. The van der Waals surface area contributed by atoms with Crippen LogP contribution in [0.15, 0.2) is 0 Å². The fraction of sp³-hybridized carbons (Fsp3) is 0.941. The molecular weight excluding hydrogens is 518 g/mol. The number of rotatable bonds is 30. The van der Waals surface area contributed by atoms with Gasteiger partial charge in [-0.1, -0.05) is 181 Å². The van der Waals surface area contributed by atoms with Crippen LogP contribution in [-0.4, -0.2) is 11.9 Å². The van der Waals surface area contributed by atoms with Crippen molar-refractivity contribution in [3.8, 4) is 0 Å². The van der Waals surface area contributed by atoms with Crippen molar-refractivity contribution in [2.24, 2.45) is 0 Å². The molecule has 40 heavy (non-hydrogen) atoms. The first-order valence-electron chi connectivity index (χ1n) is 16.9. The van der Waals surface area contributed by atoms with Crippen LogP contribution in [0.25, 0.3) is 0 Å². The first-order valence-corrected chi connectivity index (χ1v) is 16.9. The van der Waals surface area contributed by atoms with Crippen molar-refractivity contribution in [3.05, 3.63) is 0 Å². The first-order chi connectivity index (χ1) is 18.5. The minimum atomic E-state index is -0.905. The summed E-state index contributed by atoms with van der Waals surface area (Å²) in [7, 11) is 0. The third-order valence-electron chi connectivity index (χ3n) is 7.47. The molecule has 0 aromatic carbocycles. The standard InChI is InChI=1S/C18H36O2.C16H32O2.2Na/c1-2-3-4-5-6-7-8-9-10-11-12-13-14-15-16-17-18(19)20;1-2-3-4-5-6-7-8-9-10-11-12-13-14-15-16(17)18;;/h2-17H2,1H3,(H,19,20);2-15H2,1H3,(H,17,18);;/q;;2*+1/p-2. The van der Waals surface area contributed by atoms with Crippen LogP contribution in [-0.2, 0) is 9.59 Å². The van der Waals surface area contributed by atoms with Gasteiger partial charge in [-0.3, -0.25) is 0 Å². The van der Waals surface area contributed by atoms with E-state index in [1.165, 1.54) is 154 Å². The summed E-state index contributed by atoms with van der Waals surface area (Å²) in [6.45, 7) is 4.52. The van der Waals surface area contributed by atoms with E-state index in [4.69, 9.17) is 0 Å². The fourth-order valence-corrected chi connectivity index (χ4v) is 4.93. The maximum Gasteiger partial charge on any atom is 1.00 e. The number of hydrogen-bond acceptors (Lipinski definition) is 4. The van der Waals surface area contributed by atoms with E-state index in [-0.39, 0.29) is 72.0 Å². The average Bonchev–Trinajstić information content (AvgIpc) is 2.89. The predicted molar refractivity (Wildman–Crippen MR) is 160 cm³/mol. The predicted octanol–water partition coefficient (Wildman–Crippen LogP) is 3.22. The van der Waals surface area contributed by atoms with Crippen molar-refractivity contribution in [3.63, 3.8) is 0 Å². The Morgan fingerprint density at radius 3 is 0.625 bits per heavy atom. The van der Waals surface area contributed by atoms with Crippen molar-refractivity contribution in [1.82, 2.24) is 0 Å². The van der Waals surface area contributed by atoms with Crippen molar-refractivity contribution in [2.75, 3.05) is 0 Å². The Morgan fingerprint density at radius 2 is 0.475 bits per heavy atom. The van der Waals surface area contributed by atoms with E-state index < -0.39 is 11.9 Å². The number of aliphatic carboxylic acids is 2. The average molecular weight is 585 g/mol. The van der Waals surface area contributed by atoms with Crippen molar-refractivity contribution < 1.29 is 78.9 Å². The molecule has 0 saturated heterocycles. The molecule has 0 fully saturated rings. The van der Waals surface area contributed by atoms with Gasteiger partial charge >= 0.3 is 59.1 Å². The van der Waals surface area contributed by atoms with E-state index in [0.717, 1.165) is 25.7 Å². The molecular formula is C34H66Na2O4. The molecule has 0 atom stereocenters. The maximum atomic E-state index is 10.2. The molecule has 0 unspecified atom stereocenters. The normalized spacial score (nSPS) is 10.2. The van der Waals surface area contributed by atoms with Gasteiger partial charge in [0.25, 0.3) is 0 Å². The molecule has 0 aliphatic rings. The number of hydrogen-bond donors (Lipinski definition) is 0. The second kappa shape index (κ2) is 44.4. The number of carboxylic acids is 2. The molecule has 0 N–H and O–H groups in total. The Bertz CT molecular complexity index is 475. The molecule has 0 heterocycles. The van der Waals surface area contributed by atoms with Crippen LogP contribution in [0.1, 0.15) is 206 Å². The maximum absolute atomic E-state index is 10.2. The Labute approximate surface area is 295 Å². The summed E-state index contributed by atoms with van der Waals surface area (Å²) in [5, 5.41) is 20.4. The summed E-state index contributed by atoms with van der Waals surface area (Å²) in [4.78, 5) is 20.4. The van der Waals surface area contributed by atoms with Crippen molar-refractivity contribution in [2.45, 2.75) is 206 Å². The van der Waals surface area contributed by atoms with Gasteiger partial charge in [0.15, 0.2) is 0 Å². The van der Waals surface area contributed by atoms with Gasteiger partial charge in [-0.25, -0.2) is 0 Å². The second-order valence-electron chi connectivity index (χ2n) is 11.4. The molecule has 0 bridgehead atoms. The van der Waals surface area contributed by atoms with E-state index in [2.05, 4.69) is 13.8 Å². The van der Waals surface area contributed by atoms with Gasteiger partial charge in [0.05, 0.1) is 0 Å². The molecule has 4 nitrogen and oxygen atoms in total. The van der Waals surface area contributed by atoms with E-state index in [1.807, 2.05) is 0 Å². The topological polar surface area (TPSA) is 80.3 Å². The first kappa shape index (κ1) is 47.9. The molecule has 0 rings (SSSR count). The van der Waals surface area contributed by atoms with Crippen LogP contribution in [0.5, 0.6) is 0 Å². The number of carboxylic acid groups (broad SMARTS) is 2. The van der Waals surface area contributed by atoms with Gasteiger partial charge in [0.1, 0.15) is 0 Å². The van der Waals surface area contributed by atoms with E-state index in [9.17, 15) is 19.8 Å². The Hall–Kier alpha value is 0.940. The van der Waals surface area contributed by atoms with Crippen molar-refractivity contribution in [1.29, 1.82) is 0 Å². The van der Waals surface area contributed by atoms with E-state index in [1.54, 1.807) is 0 Å². The molecule has 228 valence electrons. The number of carbonyl (C=O) groups is 2. The van der Waals surface area contributed by atoms with Crippen LogP contribution in [0.4, 0.5) is 0 Å². The molecule has 0 aromatic heterocycles. The molecule has 0 aromatic rings. The van der Waals surface area contributed by atoms with Crippen LogP contribution in [0.2, 0.25) is 0 Å². The summed E-state index contributed by atoms with van der Waals surface area (Å²) < 4.78 is 0. The summed E-state index contributed by atoms with van der Waals surface area (Å²) in [6, 6.07) is 0. The zero-order chi connectivity index (χ0) is 28.4. The summed E-state index contributed by atoms with van der Waals surface area (Å²) >= 11 is 0. The van der Waals surface area contributed by atoms with Gasteiger partial charge in [-0.15, -0.1) is 0 Å². The van der Waals surface area contributed by atoms with Gasteiger partial charge in [-0.05, 0) is 25.7 Å². The molecule has 0 saturated carbocycles. The van der Waals surface area contributed by atoms with Crippen LogP contribution >= 0.6 is 0 Å². The van der Waals surface area contributed by atoms with E-state index >= 15 is 0 Å². The SMILES string of the molecule is CCCCCCCCCCCCCCCC(=O)[O-].CCCCCCCCCCCCCCCCCC(=O)[O-].[Na+].[Na+]. The molecule has 0 aliphatic carbocycles.